The van der Waals surface area contributed by atoms with Crippen LogP contribution < -0.4 is 4.90 Å². The molecule has 0 spiro atoms. The molecule has 1 atom stereocenters. The highest BCUT2D eigenvalue weighted by Crippen LogP contribution is 2.27. The number of hydrogen-bond acceptors (Lipinski definition) is 3. The number of rotatable bonds is 5. The molecule has 106 valence electrons. The van der Waals surface area contributed by atoms with Gasteiger partial charge in [0.2, 0.25) is 5.91 Å². The van der Waals surface area contributed by atoms with Gasteiger partial charge in [-0.15, -0.1) is 0 Å². The quantitative estimate of drug-likeness (QED) is 0.835. The van der Waals surface area contributed by atoms with Crippen molar-refractivity contribution in [2.75, 3.05) is 11.4 Å². The third kappa shape index (κ3) is 2.87. The van der Waals surface area contributed by atoms with Gasteiger partial charge in [-0.3, -0.25) is 14.4 Å². The van der Waals surface area contributed by atoms with Crippen LogP contribution in [0.25, 0.3) is 0 Å². The lowest BCUT2D eigenvalue weighted by Crippen LogP contribution is -2.27. The molecular formula is C15H17NO4. The first-order chi connectivity index (χ1) is 9.50. The highest BCUT2D eigenvalue weighted by Gasteiger charge is 2.27. The normalized spacial score (nSPS) is 16.2. The van der Waals surface area contributed by atoms with E-state index >= 15 is 0 Å². The molecule has 1 aromatic carbocycles. The van der Waals surface area contributed by atoms with Crippen LogP contribution >= 0.6 is 0 Å². The number of carbonyl (C=O) groups excluding carboxylic acids is 2. The maximum atomic E-state index is 12.4. The SMILES string of the molecule is CC(CC(=O)O)C(=O)c1ccccc1N1CCCC1=O. The van der Waals surface area contributed by atoms with Crippen molar-refractivity contribution in [1.82, 2.24) is 0 Å². The number of amides is 1. The van der Waals surface area contributed by atoms with E-state index in [9.17, 15) is 14.4 Å². The lowest BCUT2D eigenvalue weighted by molar-refractivity contribution is -0.137. The Morgan fingerprint density at radius 3 is 2.65 bits per heavy atom. The predicted octanol–water partition coefficient (Wildman–Crippen LogP) is 2.11. The number of Topliss-reactive ketones (excluding diaryl/α,β-unsaturated/α-hetero) is 1. The van der Waals surface area contributed by atoms with Crippen molar-refractivity contribution in [3.63, 3.8) is 0 Å². The number of ketones is 1. The number of aliphatic carboxylic acids is 1. The summed E-state index contributed by atoms with van der Waals surface area (Å²) in [6.45, 7) is 2.20. The van der Waals surface area contributed by atoms with Gasteiger partial charge in [0.25, 0.3) is 0 Å². The van der Waals surface area contributed by atoms with E-state index < -0.39 is 11.9 Å². The highest BCUT2D eigenvalue weighted by atomic mass is 16.4. The third-order valence-electron chi connectivity index (χ3n) is 3.46. The molecule has 0 saturated carbocycles. The van der Waals surface area contributed by atoms with Crippen molar-refractivity contribution in [3.05, 3.63) is 29.8 Å². The van der Waals surface area contributed by atoms with Gasteiger partial charge in [-0.1, -0.05) is 19.1 Å². The summed E-state index contributed by atoms with van der Waals surface area (Å²) in [7, 11) is 0. The first kappa shape index (κ1) is 14.2. The molecule has 5 heteroatoms. The zero-order valence-electron chi connectivity index (χ0n) is 11.3. The van der Waals surface area contributed by atoms with Gasteiger partial charge in [-0.25, -0.2) is 0 Å². The number of carboxylic acids is 1. The van der Waals surface area contributed by atoms with E-state index in [1.54, 1.807) is 36.1 Å². The van der Waals surface area contributed by atoms with Crippen LogP contribution in [0.15, 0.2) is 24.3 Å². The summed E-state index contributed by atoms with van der Waals surface area (Å²) in [5.41, 5.74) is 1.02. The highest BCUT2D eigenvalue weighted by molar-refractivity contribution is 6.07. The van der Waals surface area contributed by atoms with Crippen molar-refractivity contribution in [2.24, 2.45) is 5.92 Å². The number of benzene rings is 1. The Hall–Kier alpha value is -2.17. The lowest BCUT2D eigenvalue weighted by atomic mass is 9.95. The molecular weight excluding hydrogens is 258 g/mol. The summed E-state index contributed by atoms with van der Waals surface area (Å²) in [6.07, 6.45) is 1.07. The minimum absolute atomic E-state index is 0.0103. The molecule has 0 aliphatic carbocycles. The number of para-hydroxylation sites is 1. The van der Waals surface area contributed by atoms with Crippen molar-refractivity contribution in [1.29, 1.82) is 0 Å². The minimum atomic E-state index is -0.999. The number of anilines is 1. The van der Waals surface area contributed by atoms with Crippen LogP contribution in [-0.2, 0) is 9.59 Å². The van der Waals surface area contributed by atoms with E-state index in [1.807, 2.05) is 0 Å². The van der Waals surface area contributed by atoms with Crippen LogP contribution in [0.1, 0.15) is 36.5 Å². The van der Waals surface area contributed by atoms with Crippen molar-refractivity contribution < 1.29 is 19.5 Å². The molecule has 1 N–H and O–H groups in total. The number of hydrogen-bond donors (Lipinski definition) is 1. The molecule has 1 aliphatic heterocycles. The first-order valence-corrected chi connectivity index (χ1v) is 6.66. The summed E-state index contributed by atoms with van der Waals surface area (Å²) >= 11 is 0. The minimum Gasteiger partial charge on any atom is -0.481 e. The molecule has 1 unspecified atom stereocenters. The Morgan fingerprint density at radius 1 is 1.35 bits per heavy atom. The van der Waals surface area contributed by atoms with Gasteiger partial charge in [-0.2, -0.15) is 0 Å². The van der Waals surface area contributed by atoms with Crippen LogP contribution in [0.3, 0.4) is 0 Å². The van der Waals surface area contributed by atoms with E-state index in [2.05, 4.69) is 0 Å². The largest absolute Gasteiger partial charge is 0.481 e. The molecule has 20 heavy (non-hydrogen) atoms. The molecule has 0 radical (unpaired) electrons. The molecule has 1 fully saturated rings. The van der Waals surface area contributed by atoms with E-state index in [4.69, 9.17) is 5.11 Å². The summed E-state index contributed by atoms with van der Waals surface area (Å²) < 4.78 is 0. The Bertz CT molecular complexity index is 553. The van der Waals surface area contributed by atoms with Crippen LogP contribution in [0, 0.1) is 5.92 Å². The maximum absolute atomic E-state index is 12.4. The summed E-state index contributed by atoms with van der Waals surface area (Å²) in [4.78, 5) is 36.5. The lowest BCUT2D eigenvalue weighted by Gasteiger charge is -2.20. The topological polar surface area (TPSA) is 74.7 Å². The molecule has 1 saturated heterocycles. The predicted molar refractivity (Wildman–Crippen MR) is 73.8 cm³/mol. The Labute approximate surface area is 117 Å². The van der Waals surface area contributed by atoms with Gasteiger partial charge in [0.05, 0.1) is 12.1 Å². The second-order valence-corrected chi connectivity index (χ2v) is 5.03. The van der Waals surface area contributed by atoms with Gasteiger partial charge in [-0.05, 0) is 18.6 Å². The zero-order valence-corrected chi connectivity index (χ0v) is 11.3. The van der Waals surface area contributed by atoms with E-state index in [0.29, 0.717) is 24.2 Å². The van der Waals surface area contributed by atoms with E-state index in [-0.39, 0.29) is 18.1 Å². The van der Waals surface area contributed by atoms with E-state index in [1.165, 1.54) is 0 Å². The summed E-state index contributed by atoms with van der Waals surface area (Å²) in [6, 6.07) is 6.90. The van der Waals surface area contributed by atoms with Crippen LogP contribution in [0.2, 0.25) is 0 Å². The number of carbonyl (C=O) groups is 3. The van der Waals surface area contributed by atoms with Gasteiger partial charge < -0.3 is 10.0 Å². The standard InChI is InChI=1S/C15H17NO4/c1-10(9-14(18)19)15(20)11-5-2-3-6-12(11)16-8-4-7-13(16)17/h2-3,5-6,10H,4,7-9H2,1H3,(H,18,19). The zero-order chi connectivity index (χ0) is 14.7. The van der Waals surface area contributed by atoms with Crippen LogP contribution in [-0.4, -0.2) is 29.3 Å². The molecule has 0 bridgehead atoms. The van der Waals surface area contributed by atoms with Gasteiger partial charge in [0.15, 0.2) is 5.78 Å². The molecule has 1 aliphatic rings. The number of carboxylic acid groups (broad SMARTS) is 1. The monoisotopic (exact) mass is 275 g/mol. The fourth-order valence-electron chi connectivity index (χ4n) is 2.44. The van der Waals surface area contributed by atoms with Crippen LogP contribution in [0.5, 0.6) is 0 Å². The Kier molecular flexibility index (Phi) is 4.17. The van der Waals surface area contributed by atoms with Gasteiger partial charge >= 0.3 is 5.97 Å². The summed E-state index contributed by atoms with van der Waals surface area (Å²) in [5.74, 6) is -1.83. The Balaban J connectivity index is 2.30. The molecule has 5 nitrogen and oxygen atoms in total. The van der Waals surface area contributed by atoms with Crippen molar-refractivity contribution in [2.45, 2.75) is 26.2 Å². The molecule has 1 aromatic rings. The van der Waals surface area contributed by atoms with Crippen LogP contribution in [0.4, 0.5) is 5.69 Å². The second-order valence-electron chi connectivity index (χ2n) is 5.03. The van der Waals surface area contributed by atoms with E-state index in [0.717, 1.165) is 6.42 Å². The van der Waals surface area contributed by atoms with Gasteiger partial charge in [0.1, 0.15) is 0 Å². The first-order valence-electron chi connectivity index (χ1n) is 6.66. The molecule has 1 heterocycles. The second kappa shape index (κ2) is 5.86. The van der Waals surface area contributed by atoms with Gasteiger partial charge in [0, 0.05) is 24.4 Å². The molecule has 1 amide bonds. The third-order valence-corrected chi connectivity index (χ3v) is 3.46. The average molecular weight is 275 g/mol. The summed E-state index contributed by atoms with van der Waals surface area (Å²) in [5, 5.41) is 8.79. The number of nitrogens with zero attached hydrogens (tertiary/aromatic N) is 1. The molecule has 0 aromatic heterocycles. The van der Waals surface area contributed by atoms with Crippen molar-refractivity contribution >= 4 is 23.3 Å². The fraction of sp³-hybridized carbons (Fsp3) is 0.400. The Morgan fingerprint density at radius 2 is 2.05 bits per heavy atom. The van der Waals surface area contributed by atoms with Crippen molar-refractivity contribution in [3.8, 4) is 0 Å². The average Bonchev–Trinajstić information content (AvgIpc) is 2.83. The maximum Gasteiger partial charge on any atom is 0.304 e. The fourth-order valence-corrected chi connectivity index (χ4v) is 2.44. The molecule has 2 rings (SSSR count). The smallest absolute Gasteiger partial charge is 0.304 e.